The van der Waals surface area contributed by atoms with Crippen molar-refractivity contribution in [3.63, 3.8) is 0 Å². The average Bonchev–Trinajstić information content (AvgIpc) is 2.22. The number of carbonyl (C=O) groups excluding carboxylic acids is 1. The molecule has 0 saturated carbocycles. The van der Waals surface area contributed by atoms with Crippen LogP contribution in [0.3, 0.4) is 0 Å². The summed E-state index contributed by atoms with van der Waals surface area (Å²) >= 11 is 2.02. The zero-order valence-corrected chi connectivity index (χ0v) is 10.4. The van der Waals surface area contributed by atoms with E-state index < -0.39 is 12.0 Å². The molecule has 0 aliphatic carbocycles. The van der Waals surface area contributed by atoms with Crippen LogP contribution in [0, 0.1) is 3.57 Å². The van der Waals surface area contributed by atoms with Crippen molar-refractivity contribution in [1.82, 2.24) is 0 Å². The molecule has 0 radical (unpaired) electrons. The number of phenolic OH excluding ortho intramolecular Hbond substituents is 1. The van der Waals surface area contributed by atoms with Crippen molar-refractivity contribution in [3.8, 4) is 5.75 Å². The predicted octanol–water partition coefficient (Wildman–Crippen LogP) is 1.04. The molecular weight excluding hydrogens is 309 g/mol. The highest BCUT2D eigenvalue weighted by atomic mass is 127. The van der Waals surface area contributed by atoms with Crippen molar-refractivity contribution >= 4 is 28.6 Å². The number of esters is 1. The Kier molecular flexibility index (Phi) is 4.34. The molecule has 1 unspecified atom stereocenters. The Morgan fingerprint density at radius 3 is 2.87 bits per heavy atom. The molecule has 0 aliphatic heterocycles. The standard InChI is InChI=1S/C10H12INO3/c1-15-10(14)8(12)5-6-2-3-9(13)7(11)4-6/h2-4,8,13H,5,12H2,1H3. The third-order valence-corrected chi connectivity index (χ3v) is 2.84. The molecule has 1 atom stereocenters. The number of aromatic hydroxyl groups is 1. The number of nitrogens with two attached hydrogens (primary N) is 1. The van der Waals surface area contributed by atoms with Crippen molar-refractivity contribution in [2.75, 3.05) is 7.11 Å². The van der Waals surface area contributed by atoms with E-state index in [1.165, 1.54) is 7.11 Å². The second kappa shape index (κ2) is 5.32. The van der Waals surface area contributed by atoms with Crippen LogP contribution in [0.15, 0.2) is 18.2 Å². The third-order valence-electron chi connectivity index (χ3n) is 1.97. The molecule has 3 N–H and O–H groups in total. The van der Waals surface area contributed by atoms with Gasteiger partial charge in [-0.1, -0.05) is 6.07 Å². The van der Waals surface area contributed by atoms with Gasteiger partial charge in [0.2, 0.25) is 0 Å². The number of benzene rings is 1. The maximum Gasteiger partial charge on any atom is 0.322 e. The molecule has 0 fully saturated rings. The van der Waals surface area contributed by atoms with E-state index in [1.807, 2.05) is 22.6 Å². The summed E-state index contributed by atoms with van der Waals surface area (Å²) in [5.41, 5.74) is 6.51. The number of ether oxygens (including phenoxy) is 1. The van der Waals surface area contributed by atoms with E-state index in [1.54, 1.807) is 18.2 Å². The molecule has 0 aliphatic rings. The van der Waals surface area contributed by atoms with Crippen LogP contribution in [0.25, 0.3) is 0 Å². The lowest BCUT2D eigenvalue weighted by molar-refractivity contribution is -0.142. The number of phenols is 1. The van der Waals surface area contributed by atoms with Gasteiger partial charge in [-0.2, -0.15) is 0 Å². The molecule has 0 heterocycles. The van der Waals surface area contributed by atoms with Crippen LogP contribution >= 0.6 is 22.6 Å². The Hall–Kier alpha value is -0.820. The molecule has 1 aromatic carbocycles. The molecule has 0 spiro atoms. The van der Waals surface area contributed by atoms with E-state index in [9.17, 15) is 9.90 Å². The van der Waals surface area contributed by atoms with Crippen molar-refractivity contribution in [2.45, 2.75) is 12.5 Å². The van der Waals surface area contributed by atoms with Crippen molar-refractivity contribution in [2.24, 2.45) is 5.73 Å². The van der Waals surface area contributed by atoms with E-state index >= 15 is 0 Å². The number of carbonyl (C=O) groups is 1. The second-order valence-electron chi connectivity index (χ2n) is 3.12. The molecule has 4 nitrogen and oxygen atoms in total. The first kappa shape index (κ1) is 12.3. The van der Waals surface area contributed by atoms with E-state index in [4.69, 9.17) is 5.73 Å². The molecule has 1 rings (SSSR count). The first-order chi connectivity index (χ1) is 7.04. The van der Waals surface area contributed by atoms with E-state index in [-0.39, 0.29) is 5.75 Å². The van der Waals surface area contributed by atoms with Crippen LogP contribution in [0.1, 0.15) is 5.56 Å². The Morgan fingerprint density at radius 1 is 1.67 bits per heavy atom. The van der Waals surface area contributed by atoms with E-state index in [0.717, 1.165) is 9.13 Å². The number of rotatable bonds is 3. The topological polar surface area (TPSA) is 72.5 Å². The quantitative estimate of drug-likeness (QED) is 0.644. The fourth-order valence-electron chi connectivity index (χ4n) is 1.17. The van der Waals surface area contributed by atoms with Crippen LogP contribution in [0.2, 0.25) is 0 Å². The molecule has 0 saturated heterocycles. The summed E-state index contributed by atoms with van der Waals surface area (Å²) in [7, 11) is 1.31. The Morgan fingerprint density at radius 2 is 2.33 bits per heavy atom. The van der Waals surface area contributed by atoms with Gasteiger partial charge < -0.3 is 15.6 Å². The zero-order valence-electron chi connectivity index (χ0n) is 8.24. The summed E-state index contributed by atoms with van der Waals surface area (Å²) < 4.78 is 5.26. The maximum absolute atomic E-state index is 11.1. The summed E-state index contributed by atoms with van der Waals surface area (Å²) in [4.78, 5) is 11.1. The van der Waals surface area contributed by atoms with Crippen molar-refractivity contribution < 1.29 is 14.6 Å². The molecular formula is C10H12INO3. The largest absolute Gasteiger partial charge is 0.507 e. The molecule has 1 aromatic rings. The normalized spacial score (nSPS) is 12.2. The Labute approximate surface area is 102 Å². The number of hydrogen-bond acceptors (Lipinski definition) is 4. The summed E-state index contributed by atoms with van der Waals surface area (Å²) in [5.74, 6) is -0.205. The van der Waals surface area contributed by atoms with Gasteiger partial charge in [0, 0.05) is 0 Å². The van der Waals surface area contributed by atoms with Gasteiger partial charge in [-0.15, -0.1) is 0 Å². The van der Waals surface area contributed by atoms with Gasteiger partial charge in [-0.05, 0) is 46.7 Å². The fraction of sp³-hybridized carbons (Fsp3) is 0.300. The Balaban J connectivity index is 2.73. The van der Waals surface area contributed by atoms with Crippen molar-refractivity contribution in [3.05, 3.63) is 27.3 Å². The summed E-state index contributed by atoms with van der Waals surface area (Å²) in [5, 5.41) is 9.30. The van der Waals surface area contributed by atoms with Gasteiger partial charge in [-0.3, -0.25) is 4.79 Å². The van der Waals surface area contributed by atoms with Crippen LogP contribution in [0.4, 0.5) is 0 Å². The third kappa shape index (κ3) is 3.35. The molecule has 0 bridgehead atoms. The predicted molar refractivity (Wildman–Crippen MR) is 64.5 cm³/mol. The summed E-state index contributed by atoms with van der Waals surface area (Å²) in [6.45, 7) is 0. The number of halogens is 1. The second-order valence-corrected chi connectivity index (χ2v) is 4.28. The maximum atomic E-state index is 11.1. The Bertz CT molecular complexity index is 368. The molecule has 5 heteroatoms. The highest BCUT2D eigenvalue weighted by Crippen LogP contribution is 2.20. The van der Waals surface area contributed by atoms with Gasteiger partial charge in [0.1, 0.15) is 11.8 Å². The molecule has 82 valence electrons. The highest BCUT2D eigenvalue weighted by Gasteiger charge is 2.14. The van der Waals surface area contributed by atoms with E-state index in [0.29, 0.717) is 6.42 Å². The minimum Gasteiger partial charge on any atom is -0.507 e. The number of hydrogen-bond donors (Lipinski definition) is 2. The highest BCUT2D eigenvalue weighted by molar-refractivity contribution is 14.1. The van der Waals surface area contributed by atoms with Crippen LogP contribution in [-0.4, -0.2) is 24.2 Å². The van der Waals surface area contributed by atoms with Gasteiger partial charge >= 0.3 is 5.97 Å². The lowest BCUT2D eigenvalue weighted by atomic mass is 10.1. The van der Waals surface area contributed by atoms with Gasteiger partial charge in [0.15, 0.2) is 0 Å². The first-order valence-corrected chi connectivity index (χ1v) is 5.43. The van der Waals surface area contributed by atoms with Gasteiger partial charge in [0.25, 0.3) is 0 Å². The summed E-state index contributed by atoms with van der Waals surface area (Å²) in [6.07, 6.45) is 0.406. The first-order valence-electron chi connectivity index (χ1n) is 4.35. The lowest BCUT2D eigenvalue weighted by Crippen LogP contribution is -2.33. The molecule has 0 amide bonds. The zero-order chi connectivity index (χ0) is 11.4. The van der Waals surface area contributed by atoms with Gasteiger partial charge in [-0.25, -0.2) is 0 Å². The van der Waals surface area contributed by atoms with Crippen LogP contribution in [-0.2, 0) is 16.0 Å². The molecule has 0 aromatic heterocycles. The minimum atomic E-state index is -0.657. The van der Waals surface area contributed by atoms with Crippen LogP contribution < -0.4 is 5.73 Å². The van der Waals surface area contributed by atoms with E-state index in [2.05, 4.69) is 4.74 Å². The van der Waals surface area contributed by atoms with Crippen LogP contribution in [0.5, 0.6) is 5.75 Å². The smallest absolute Gasteiger partial charge is 0.322 e. The number of methoxy groups -OCH3 is 1. The molecule has 15 heavy (non-hydrogen) atoms. The van der Waals surface area contributed by atoms with Crippen molar-refractivity contribution in [1.29, 1.82) is 0 Å². The summed E-state index contributed by atoms with van der Waals surface area (Å²) in [6, 6.07) is 4.45. The monoisotopic (exact) mass is 321 g/mol. The fourth-order valence-corrected chi connectivity index (χ4v) is 1.75. The minimum absolute atomic E-state index is 0.228. The lowest BCUT2D eigenvalue weighted by Gasteiger charge is -2.09. The average molecular weight is 321 g/mol. The van der Waals surface area contributed by atoms with Gasteiger partial charge in [0.05, 0.1) is 10.7 Å². The SMILES string of the molecule is COC(=O)C(N)Cc1ccc(O)c(I)c1.